The number of carboxylic acid groups (broad SMARTS) is 1. The molecule has 146 valence electrons. The second kappa shape index (κ2) is 7.09. The zero-order chi connectivity index (χ0) is 20.6. The van der Waals surface area contributed by atoms with Crippen LogP contribution in [-0.2, 0) is 22.9 Å². The fraction of sp³-hybridized carbons (Fsp3) is 0.368. The van der Waals surface area contributed by atoms with Gasteiger partial charge in [-0.1, -0.05) is 18.2 Å². The van der Waals surface area contributed by atoms with Gasteiger partial charge in [0.25, 0.3) is 0 Å². The van der Waals surface area contributed by atoms with Gasteiger partial charge in [-0.15, -0.1) is 0 Å². The number of carbonyl (C=O) groups excluding carboxylic acids is 1. The van der Waals surface area contributed by atoms with Crippen molar-refractivity contribution < 1.29 is 32.3 Å². The molecule has 0 atom stereocenters. The van der Waals surface area contributed by atoms with E-state index >= 15 is 0 Å². The van der Waals surface area contributed by atoms with E-state index in [9.17, 15) is 22.8 Å². The Morgan fingerprint density at radius 3 is 2.26 bits per heavy atom. The summed E-state index contributed by atoms with van der Waals surface area (Å²) in [5, 5.41) is 9.06. The number of rotatable bonds is 5. The van der Waals surface area contributed by atoms with Gasteiger partial charge in [0.2, 0.25) is 5.91 Å². The minimum atomic E-state index is -4.50. The van der Waals surface area contributed by atoms with Crippen LogP contribution in [0.15, 0.2) is 34.7 Å². The molecule has 8 heteroatoms. The summed E-state index contributed by atoms with van der Waals surface area (Å²) in [5.41, 5.74) is -1.80. The summed E-state index contributed by atoms with van der Waals surface area (Å²) in [4.78, 5) is 25.2. The van der Waals surface area contributed by atoms with Crippen LogP contribution in [0.1, 0.15) is 46.9 Å². The van der Waals surface area contributed by atoms with E-state index in [1.807, 2.05) is 0 Å². The smallest absolute Gasteiger partial charge is 0.416 e. The number of aryl methyl sites for hydroxylation is 1. The Bertz CT molecular complexity index is 868. The number of halogens is 3. The van der Waals surface area contributed by atoms with Gasteiger partial charge in [-0.05, 0) is 38.5 Å². The molecule has 0 spiro atoms. The number of nitrogens with zero attached hydrogens (tertiary/aromatic N) is 1. The number of aromatic carboxylic acids is 1. The van der Waals surface area contributed by atoms with Crippen LogP contribution >= 0.6 is 0 Å². The van der Waals surface area contributed by atoms with Crippen LogP contribution in [0.4, 0.5) is 13.2 Å². The number of amides is 1. The molecule has 2 rings (SSSR count). The third-order valence-electron chi connectivity index (χ3n) is 4.39. The quantitative estimate of drug-likeness (QED) is 0.838. The average Bonchev–Trinajstić information content (AvgIpc) is 2.94. The molecule has 5 nitrogen and oxygen atoms in total. The molecule has 27 heavy (non-hydrogen) atoms. The highest BCUT2D eigenvalue weighted by molar-refractivity contribution is 5.89. The summed E-state index contributed by atoms with van der Waals surface area (Å²) in [6, 6.07) is 5.99. The van der Waals surface area contributed by atoms with E-state index in [1.165, 1.54) is 50.9 Å². The largest absolute Gasteiger partial charge is 0.478 e. The number of hydrogen-bond donors (Lipinski definition) is 1. The highest BCUT2D eigenvalue weighted by Gasteiger charge is 2.36. The van der Waals surface area contributed by atoms with Crippen LogP contribution in [0.3, 0.4) is 0 Å². The lowest BCUT2D eigenvalue weighted by Crippen LogP contribution is -2.41. The molecule has 1 amide bonds. The Morgan fingerprint density at radius 2 is 1.74 bits per heavy atom. The van der Waals surface area contributed by atoms with E-state index in [-0.39, 0.29) is 29.2 Å². The minimum absolute atomic E-state index is 0.00277. The van der Waals surface area contributed by atoms with Gasteiger partial charge in [-0.3, -0.25) is 4.79 Å². The Labute approximate surface area is 154 Å². The van der Waals surface area contributed by atoms with Crippen molar-refractivity contribution in [1.82, 2.24) is 4.90 Å². The van der Waals surface area contributed by atoms with Crippen LogP contribution in [0.2, 0.25) is 0 Å². The zero-order valence-corrected chi connectivity index (χ0v) is 15.3. The molecule has 1 aromatic heterocycles. The number of hydrogen-bond acceptors (Lipinski definition) is 3. The van der Waals surface area contributed by atoms with Crippen molar-refractivity contribution in [2.45, 2.75) is 38.9 Å². The van der Waals surface area contributed by atoms with Gasteiger partial charge in [-0.25, -0.2) is 4.79 Å². The molecular formula is C19H20F3NO4. The van der Waals surface area contributed by atoms with Crippen molar-refractivity contribution in [3.05, 3.63) is 58.5 Å². The van der Waals surface area contributed by atoms with E-state index in [0.29, 0.717) is 0 Å². The fourth-order valence-electron chi connectivity index (χ4n) is 2.82. The first-order chi connectivity index (χ1) is 12.3. The lowest BCUT2D eigenvalue weighted by molar-refractivity contribution is -0.138. The Morgan fingerprint density at radius 1 is 1.15 bits per heavy atom. The van der Waals surface area contributed by atoms with E-state index < -0.39 is 29.0 Å². The van der Waals surface area contributed by atoms with Gasteiger partial charge in [0.05, 0.1) is 17.5 Å². The zero-order valence-electron chi connectivity index (χ0n) is 15.3. The van der Waals surface area contributed by atoms with Crippen molar-refractivity contribution in [2.75, 3.05) is 7.05 Å². The summed E-state index contributed by atoms with van der Waals surface area (Å²) in [6.45, 7) is 4.57. The Balaban J connectivity index is 2.24. The predicted molar refractivity (Wildman–Crippen MR) is 91.3 cm³/mol. The molecular weight excluding hydrogens is 363 g/mol. The summed E-state index contributed by atoms with van der Waals surface area (Å²) < 4.78 is 44.2. The number of likely N-dealkylation sites (N-methyl/N-ethyl adjacent to an activating group) is 1. The second-order valence-corrected chi connectivity index (χ2v) is 6.85. The second-order valence-electron chi connectivity index (χ2n) is 6.85. The van der Waals surface area contributed by atoms with Crippen molar-refractivity contribution in [2.24, 2.45) is 0 Å². The molecule has 0 saturated carbocycles. The molecule has 1 heterocycles. The fourth-order valence-corrected chi connectivity index (χ4v) is 2.82. The minimum Gasteiger partial charge on any atom is -0.478 e. The third kappa shape index (κ3) is 4.32. The van der Waals surface area contributed by atoms with E-state index in [1.54, 1.807) is 0 Å². The maximum absolute atomic E-state index is 13.0. The molecule has 0 fully saturated rings. The first-order valence-electron chi connectivity index (χ1n) is 8.10. The standard InChI is InChI=1S/C19H20F3NO4/c1-11-15(16(24)25)9-14(27-11)10-23(4)17(26)18(2,3)12-6-5-7-13(8-12)19(20,21)22/h5-9H,10H2,1-4H3,(H,24,25). The van der Waals surface area contributed by atoms with E-state index in [2.05, 4.69) is 0 Å². The average molecular weight is 383 g/mol. The van der Waals surface area contributed by atoms with Gasteiger partial charge in [0.1, 0.15) is 17.1 Å². The van der Waals surface area contributed by atoms with Crippen LogP contribution in [0, 0.1) is 6.92 Å². The molecule has 0 aliphatic carbocycles. The molecule has 2 aromatic rings. The van der Waals surface area contributed by atoms with E-state index in [4.69, 9.17) is 9.52 Å². The lowest BCUT2D eigenvalue weighted by Gasteiger charge is -2.30. The number of furan rings is 1. The predicted octanol–water partition coefficient (Wildman–Crippen LogP) is 4.24. The molecule has 0 radical (unpaired) electrons. The highest BCUT2D eigenvalue weighted by Crippen LogP contribution is 2.33. The molecule has 0 unspecified atom stereocenters. The molecule has 1 aromatic carbocycles. The summed E-state index contributed by atoms with van der Waals surface area (Å²) in [7, 11) is 1.48. The maximum atomic E-state index is 13.0. The monoisotopic (exact) mass is 383 g/mol. The van der Waals surface area contributed by atoms with Crippen molar-refractivity contribution in [3.8, 4) is 0 Å². The number of benzene rings is 1. The highest BCUT2D eigenvalue weighted by atomic mass is 19.4. The van der Waals surface area contributed by atoms with Crippen LogP contribution in [0.25, 0.3) is 0 Å². The van der Waals surface area contributed by atoms with E-state index in [0.717, 1.165) is 12.1 Å². The number of carboxylic acids is 1. The van der Waals surface area contributed by atoms with Crippen LogP contribution in [0.5, 0.6) is 0 Å². The van der Waals surface area contributed by atoms with Gasteiger partial charge >= 0.3 is 12.1 Å². The van der Waals surface area contributed by atoms with Crippen molar-refractivity contribution >= 4 is 11.9 Å². The van der Waals surface area contributed by atoms with Gasteiger partial charge in [0.15, 0.2) is 0 Å². The van der Waals surface area contributed by atoms with Crippen LogP contribution in [-0.4, -0.2) is 28.9 Å². The summed E-state index contributed by atoms with van der Waals surface area (Å²) >= 11 is 0. The van der Waals surface area contributed by atoms with Crippen molar-refractivity contribution in [3.63, 3.8) is 0 Å². The SMILES string of the molecule is Cc1oc(CN(C)C(=O)C(C)(C)c2cccc(C(F)(F)F)c2)cc1C(=O)O. The molecule has 0 bridgehead atoms. The normalized spacial score (nSPS) is 12.1. The molecule has 0 aliphatic heterocycles. The van der Waals surface area contributed by atoms with Crippen LogP contribution < -0.4 is 0 Å². The molecule has 1 N–H and O–H groups in total. The third-order valence-corrected chi connectivity index (χ3v) is 4.39. The molecule has 0 aliphatic rings. The van der Waals surface area contributed by atoms with Crippen molar-refractivity contribution in [1.29, 1.82) is 0 Å². The topological polar surface area (TPSA) is 70.8 Å². The number of carbonyl (C=O) groups is 2. The number of alkyl halides is 3. The van der Waals surface area contributed by atoms with Gasteiger partial charge in [-0.2, -0.15) is 13.2 Å². The van der Waals surface area contributed by atoms with Gasteiger partial charge < -0.3 is 14.4 Å². The first kappa shape index (κ1) is 20.5. The molecule has 0 saturated heterocycles. The van der Waals surface area contributed by atoms with Gasteiger partial charge in [0, 0.05) is 7.05 Å². The lowest BCUT2D eigenvalue weighted by atomic mass is 9.82. The Kier molecular flexibility index (Phi) is 5.40. The summed E-state index contributed by atoms with van der Waals surface area (Å²) in [5.74, 6) is -1.07. The summed E-state index contributed by atoms with van der Waals surface area (Å²) in [6.07, 6.45) is -4.50. The Hall–Kier alpha value is -2.77. The first-order valence-corrected chi connectivity index (χ1v) is 8.10. The maximum Gasteiger partial charge on any atom is 0.416 e.